The number of hydrogen-bond donors (Lipinski definition) is 1. The predicted molar refractivity (Wildman–Crippen MR) is 66.2 cm³/mol. The van der Waals surface area contributed by atoms with Gasteiger partial charge in [-0.3, -0.25) is 0 Å². The molecule has 1 unspecified atom stereocenters. The van der Waals surface area contributed by atoms with Crippen LogP contribution in [-0.4, -0.2) is 14.7 Å². The minimum absolute atomic E-state index is 0.186. The quantitative estimate of drug-likeness (QED) is 0.894. The largest absolute Gasteiger partial charge is 0.419 e. The third-order valence-corrected chi connectivity index (χ3v) is 3.61. The molecule has 1 N–H and O–H groups in total. The van der Waals surface area contributed by atoms with E-state index in [1.807, 2.05) is 0 Å². The molecule has 102 valence electrons. The van der Waals surface area contributed by atoms with Crippen molar-refractivity contribution in [2.45, 2.75) is 37.5 Å². The van der Waals surface area contributed by atoms with E-state index in [2.05, 4.69) is 25.6 Å². The van der Waals surface area contributed by atoms with E-state index in [4.69, 9.17) is 0 Å². The zero-order valence-corrected chi connectivity index (χ0v) is 12.3. The second kappa shape index (κ2) is 5.26. The molecule has 1 heterocycles. The number of hydrogen-bond acceptors (Lipinski definition) is 2. The lowest BCUT2D eigenvalue weighted by Gasteiger charge is -2.20. The Bertz CT molecular complexity index is 471. The Kier molecular flexibility index (Phi) is 4.56. The molecule has 1 rings (SSSR count). The maximum absolute atomic E-state index is 12.8. The van der Waals surface area contributed by atoms with E-state index >= 15 is 0 Å². The molecule has 0 aliphatic carbocycles. The van der Waals surface area contributed by atoms with Gasteiger partial charge in [0.05, 0.1) is 5.56 Å². The van der Waals surface area contributed by atoms with Gasteiger partial charge in [-0.25, -0.2) is 13.9 Å². The van der Waals surface area contributed by atoms with Crippen LogP contribution >= 0.6 is 15.9 Å². The van der Waals surface area contributed by atoms with E-state index in [-0.39, 0.29) is 4.47 Å². The third-order valence-electron chi connectivity index (χ3n) is 1.70. The number of nitrogens with zero attached hydrogens (tertiary/aromatic N) is 1. The summed E-state index contributed by atoms with van der Waals surface area (Å²) in [7, 11) is -2.02. The van der Waals surface area contributed by atoms with Crippen LogP contribution in [0.25, 0.3) is 0 Å². The van der Waals surface area contributed by atoms with Gasteiger partial charge in [-0.05, 0) is 42.8 Å². The molecule has 0 saturated heterocycles. The number of nitrogens with one attached hydrogen (secondary N) is 1. The Morgan fingerprint density at radius 2 is 1.89 bits per heavy atom. The second-order valence-electron chi connectivity index (χ2n) is 4.62. The van der Waals surface area contributed by atoms with Crippen molar-refractivity contribution in [1.82, 2.24) is 9.71 Å². The van der Waals surface area contributed by atoms with Gasteiger partial charge in [0, 0.05) is 16.2 Å². The van der Waals surface area contributed by atoms with E-state index in [1.165, 1.54) is 6.20 Å². The topological polar surface area (TPSA) is 42.0 Å². The Balaban J connectivity index is 3.21. The van der Waals surface area contributed by atoms with Gasteiger partial charge in [0.2, 0.25) is 0 Å². The highest BCUT2D eigenvalue weighted by Crippen LogP contribution is 2.34. The summed E-state index contributed by atoms with van der Waals surface area (Å²) in [6.07, 6.45) is -3.41. The van der Waals surface area contributed by atoms with E-state index < -0.39 is 33.3 Å². The highest BCUT2D eigenvalue weighted by atomic mass is 79.9. The van der Waals surface area contributed by atoms with Gasteiger partial charge in [0.15, 0.2) is 5.03 Å². The summed E-state index contributed by atoms with van der Waals surface area (Å²) in [5.74, 6) is 0. The second-order valence-corrected chi connectivity index (χ2v) is 6.67. The number of aromatic nitrogens is 1. The molecule has 0 fully saturated rings. The van der Waals surface area contributed by atoms with Crippen LogP contribution in [0.15, 0.2) is 21.8 Å². The van der Waals surface area contributed by atoms with Crippen LogP contribution in [-0.2, 0) is 17.2 Å². The molecule has 1 aromatic heterocycles. The zero-order valence-electron chi connectivity index (χ0n) is 9.93. The van der Waals surface area contributed by atoms with Crippen LogP contribution in [0.1, 0.15) is 26.3 Å². The van der Waals surface area contributed by atoms with Crippen molar-refractivity contribution in [1.29, 1.82) is 0 Å². The molecule has 0 aromatic carbocycles. The molecule has 0 aliphatic rings. The fourth-order valence-corrected chi connectivity index (χ4v) is 2.61. The molecule has 0 amide bonds. The van der Waals surface area contributed by atoms with Crippen LogP contribution in [0.5, 0.6) is 0 Å². The van der Waals surface area contributed by atoms with Crippen molar-refractivity contribution >= 4 is 26.9 Å². The average Bonchev–Trinajstić information content (AvgIpc) is 2.13. The lowest BCUT2D eigenvalue weighted by Crippen LogP contribution is -2.38. The van der Waals surface area contributed by atoms with Gasteiger partial charge in [-0.1, -0.05) is 0 Å². The first-order valence-corrected chi connectivity index (χ1v) is 6.87. The summed E-state index contributed by atoms with van der Waals surface area (Å²) < 4.78 is 53.0. The van der Waals surface area contributed by atoms with Crippen molar-refractivity contribution in [3.05, 3.63) is 22.3 Å². The standard InChI is InChI=1S/C10H12BrF3N2OS/c1-9(2,3)16-18(17)8-7(10(12,13)14)4-6(11)5-15-8/h4-5,16H,1-3H3. The molecular weight excluding hydrogens is 333 g/mol. The Hall–Kier alpha value is -0.470. The van der Waals surface area contributed by atoms with Gasteiger partial charge < -0.3 is 0 Å². The van der Waals surface area contributed by atoms with Crippen molar-refractivity contribution in [3.8, 4) is 0 Å². The summed E-state index contributed by atoms with van der Waals surface area (Å²) in [5, 5.41) is -0.513. The van der Waals surface area contributed by atoms with E-state index in [0.717, 1.165) is 6.07 Å². The SMILES string of the molecule is CC(C)(C)NS(=O)c1ncc(Br)cc1C(F)(F)F. The summed E-state index contributed by atoms with van der Waals surface area (Å²) in [6, 6.07) is 0.866. The molecule has 1 atom stereocenters. The first-order chi connectivity index (χ1) is 8.00. The molecule has 0 aliphatic heterocycles. The summed E-state index contributed by atoms with van der Waals surface area (Å²) in [6.45, 7) is 5.12. The lowest BCUT2D eigenvalue weighted by atomic mass is 10.1. The molecule has 1 aromatic rings. The first-order valence-electron chi connectivity index (χ1n) is 4.93. The minimum Gasteiger partial charge on any atom is -0.244 e. The van der Waals surface area contributed by atoms with Crippen molar-refractivity contribution in [2.75, 3.05) is 0 Å². The molecule has 3 nitrogen and oxygen atoms in total. The maximum Gasteiger partial charge on any atom is 0.419 e. The summed E-state index contributed by atoms with van der Waals surface area (Å²) >= 11 is 2.92. The molecule has 0 spiro atoms. The fraction of sp³-hybridized carbons (Fsp3) is 0.500. The molecule has 8 heteroatoms. The van der Waals surface area contributed by atoms with Crippen LogP contribution in [0.2, 0.25) is 0 Å². The number of alkyl halides is 3. The third kappa shape index (κ3) is 4.33. The molecule has 0 bridgehead atoms. The van der Waals surface area contributed by atoms with Crippen LogP contribution in [0.4, 0.5) is 13.2 Å². The Morgan fingerprint density at radius 3 is 2.33 bits per heavy atom. The molecule has 18 heavy (non-hydrogen) atoms. The first kappa shape index (κ1) is 15.6. The summed E-state index contributed by atoms with van der Waals surface area (Å²) in [4.78, 5) is 3.60. The lowest BCUT2D eigenvalue weighted by molar-refractivity contribution is -0.140. The fourth-order valence-electron chi connectivity index (χ4n) is 1.10. The number of rotatable bonds is 2. The Labute approximate surface area is 114 Å². The van der Waals surface area contributed by atoms with Crippen molar-refractivity contribution in [3.63, 3.8) is 0 Å². The van der Waals surface area contributed by atoms with Gasteiger partial charge in [0.1, 0.15) is 11.0 Å². The number of halogens is 4. The zero-order chi connectivity index (χ0) is 14.1. The van der Waals surface area contributed by atoms with Gasteiger partial charge >= 0.3 is 6.18 Å². The van der Waals surface area contributed by atoms with Crippen LogP contribution in [0, 0.1) is 0 Å². The monoisotopic (exact) mass is 344 g/mol. The van der Waals surface area contributed by atoms with Gasteiger partial charge in [-0.15, -0.1) is 0 Å². The van der Waals surface area contributed by atoms with E-state index in [9.17, 15) is 17.4 Å². The van der Waals surface area contributed by atoms with E-state index in [1.54, 1.807) is 20.8 Å². The molecular formula is C10H12BrF3N2OS. The summed E-state index contributed by atoms with van der Waals surface area (Å²) in [5.41, 5.74) is -1.59. The highest BCUT2D eigenvalue weighted by Gasteiger charge is 2.36. The normalized spacial score (nSPS) is 14.6. The maximum atomic E-state index is 12.8. The smallest absolute Gasteiger partial charge is 0.244 e. The minimum atomic E-state index is -4.60. The van der Waals surface area contributed by atoms with Gasteiger partial charge in [0.25, 0.3) is 0 Å². The molecule has 0 radical (unpaired) electrons. The molecule has 0 saturated carbocycles. The average molecular weight is 345 g/mol. The predicted octanol–water partition coefficient (Wildman–Crippen LogP) is 3.27. The van der Waals surface area contributed by atoms with Crippen LogP contribution in [0.3, 0.4) is 0 Å². The van der Waals surface area contributed by atoms with Crippen molar-refractivity contribution in [2.24, 2.45) is 0 Å². The highest BCUT2D eigenvalue weighted by molar-refractivity contribution is 9.10. The van der Waals surface area contributed by atoms with E-state index in [0.29, 0.717) is 0 Å². The van der Waals surface area contributed by atoms with Gasteiger partial charge in [-0.2, -0.15) is 13.2 Å². The number of pyridine rings is 1. The van der Waals surface area contributed by atoms with Crippen molar-refractivity contribution < 1.29 is 17.4 Å². The van der Waals surface area contributed by atoms with Crippen LogP contribution < -0.4 is 4.72 Å². The Morgan fingerprint density at radius 1 is 1.33 bits per heavy atom.